The van der Waals surface area contributed by atoms with Crippen molar-refractivity contribution < 1.29 is 14.3 Å². The second-order valence-electron chi connectivity index (χ2n) is 4.10. The fraction of sp³-hybridized carbons (Fsp3) is 0.308. The van der Waals surface area contributed by atoms with Gasteiger partial charge in [0.1, 0.15) is 6.04 Å². The van der Waals surface area contributed by atoms with Gasteiger partial charge in [0.05, 0.1) is 16.7 Å². The van der Waals surface area contributed by atoms with Crippen molar-refractivity contribution in [2.75, 3.05) is 12.4 Å². The van der Waals surface area contributed by atoms with Gasteiger partial charge in [0, 0.05) is 11.3 Å². The van der Waals surface area contributed by atoms with Crippen molar-refractivity contribution in [2.45, 2.75) is 13.0 Å². The number of benzene rings is 1. The molecule has 1 N–H and O–H groups in total. The molecule has 1 atom stereocenters. The molecule has 0 bridgehead atoms. The minimum absolute atomic E-state index is 0.165. The van der Waals surface area contributed by atoms with E-state index in [0.717, 1.165) is 0 Å². The number of carbonyl (C=O) groups is 2. The van der Waals surface area contributed by atoms with Crippen molar-refractivity contribution >= 4 is 52.0 Å². The van der Waals surface area contributed by atoms with Crippen molar-refractivity contribution in [1.29, 1.82) is 0 Å². The Balaban J connectivity index is 2.05. The van der Waals surface area contributed by atoms with Crippen LogP contribution in [0.3, 0.4) is 0 Å². The highest BCUT2D eigenvalue weighted by Crippen LogP contribution is 2.25. The van der Waals surface area contributed by atoms with Crippen LogP contribution in [-0.4, -0.2) is 35.4 Å². The van der Waals surface area contributed by atoms with E-state index in [-0.39, 0.29) is 12.4 Å². The quantitative estimate of drug-likeness (QED) is 0.851. The van der Waals surface area contributed by atoms with Crippen LogP contribution in [-0.2, 0) is 4.74 Å². The normalized spacial score (nSPS) is 17.3. The van der Waals surface area contributed by atoms with Crippen LogP contribution in [0.1, 0.15) is 17.3 Å². The molecular formula is C13H12Cl2N2O3S. The van der Waals surface area contributed by atoms with E-state index in [1.807, 2.05) is 0 Å². The van der Waals surface area contributed by atoms with Gasteiger partial charge in [0.2, 0.25) is 0 Å². The number of amides is 1. The van der Waals surface area contributed by atoms with Crippen LogP contribution in [0, 0.1) is 0 Å². The number of alkyl carbamates (subject to hydrolysis) is 1. The third-order valence-corrected chi connectivity index (χ3v) is 4.34. The molecule has 1 amide bonds. The van der Waals surface area contributed by atoms with Crippen LogP contribution >= 0.6 is 35.0 Å². The number of Topliss-reactive ketones (excluding diaryl/α,β-unsaturated/α-hetero) is 1. The Hall–Kier alpha value is -1.24. The number of halogens is 2. The predicted octanol–water partition coefficient (Wildman–Crippen LogP) is 3.39. The Bertz CT molecular complexity index is 607. The van der Waals surface area contributed by atoms with E-state index in [1.54, 1.807) is 19.1 Å². The van der Waals surface area contributed by atoms with Gasteiger partial charge in [-0.25, -0.2) is 9.79 Å². The second-order valence-corrected chi connectivity index (χ2v) is 5.92. The molecule has 1 aliphatic heterocycles. The number of amidine groups is 1. The van der Waals surface area contributed by atoms with Crippen LogP contribution < -0.4 is 5.32 Å². The van der Waals surface area contributed by atoms with E-state index in [9.17, 15) is 9.59 Å². The minimum Gasteiger partial charge on any atom is -0.450 e. The molecular weight excluding hydrogens is 335 g/mol. The predicted molar refractivity (Wildman–Crippen MR) is 84.6 cm³/mol. The van der Waals surface area contributed by atoms with Gasteiger partial charge >= 0.3 is 6.09 Å². The van der Waals surface area contributed by atoms with Crippen molar-refractivity contribution in [3.63, 3.8) is 0 Å². The molecule has 0 saturated carbocycles. The zero-order valence-corrected chi connectivity index (χ0v) is 13.4. The van der Waals surface area contributed by atoms with Gasteiger partial charge in [-0.2, -0.15) is 0 Å². The fourth-order valence-corrected chi connectivity index (χ4v) is 2.87. The molecule has 0 radical (unpaired) electrons. The van der Waals surface area contributed by atoms with Crippen LogP contribution in [0.4, 0.5) is 4.79 Å². The van der Waals surface area contributed by atoms with Gasteiger partial charge in [-0.15, -0.1) is 0 Å². The summed E-state index contributed by atoms with van der Waals surface area (Å²) in [7, 11) is 0. The van der Waals surface area contributed by atoms with Crippen LogP contribution in [0.25, 0.3) is 0 Å². The molecule has 0 saturated heterocycles. The average molecular weight is 347 g/mol. The van der Waals surface area contributed by atoms with E-state index in [1.165, 1.54) is 17.8 Å². The Kier molecular flexibility index (Phi) is 5.50. The average Bonchev–Trinajstić information content (AvgIpc) is 2.89. The number of hydrogen-bond acceptors (Lipinski definition) is 5. The number of ketones is 1. The third kappa shape index (κ3) is 4.12. The Morgan fingerprint density at radius 1 is 1.43 bits per heavy atom. The first-order valence-corrected chi connectivity index (χ1v) is 7.89. The summed E-state index contributed by atoms with van der Waals surface area (Å²) in [5, 5.41) is 3.58. The summed E-state index contributed by atoms with van der Waals surface area (Å²) >= 11 is 13.0. The van der Waals surface area contributed by atoms with E-state index in [4.69, 9.17) is 27.9 Å². The molecule has 0 aliphatic carbocycles. The lowest BCUT2D eigenvalue weighted by molar-refractivity contribution is 0.0971. The maximum Gasteiger partial charge on any atom is 0.413 e. The first kappa shape index (κ1) is 16.1. The zero-order valence-electron chi connectivity index (χ0n) is 11.1. The number of ether oxygens (including phenoxy) is 1. The van der Waals surface area contributed by atoms with Gasteiger partial charge in [0.15, 0.2) is 11.0 Å². The van der Waals surface area contributed by atoms with Gasteiger partial charge in [-0.3, -0.25) is 10.1 Å². The topological polar surface area (TPSA) is 67.8 Å². The van der Waals surface area contributed by atoms with Crippen molar-refractivity contribution in [1.82, 2.24) is 5.32 Å². The van der Waals surface area contributed by atoms with Gasteiger partial charge in [-0.05, 0) is 25.1 Å². The maximum atomic E-state index is 12.3. The highest BCUT2D eigenvalue weighted by atomic mass is 35.5. The summed E-state index contributed by atoms with van der Waals surface area (Å²) in [6.07, 6.45) is -0.577. The number of rotatable bonds is 3. The fourth-order valence-electron chi connectivity index (χ4n) is 1.67. The SMILES string of the molecule is CCOC(=O)NC1=NC(C(=O)c2ccc(Cl)c(Cl)c2)CS1. The van der Waals surface area contributed by atoms with Gasteiger partial charge in [-0.1, -0.05) is 35.0 Å². The Morgan fingerprint density at radius 2 is 2.19 bits per heavy atom. The molecule has 112 valence electrons. The smallest absolute Gasteiger partial charge is 0.413 e. The summed E-state index contributed by atoms with van der Waals surface area (Å²) in [5.41, 5.74) is 0.441. The third-order valence-electron chi connectivity index (χ3n) is 2.64. The van der Waals surface area contributed by atoms with E-state index < -0.39 is 12.1 Å². The summed E-state index contributed by atoms with van der Waals surface area (Å²) in [4.78, 5) is 27.8. The number of nitrogens with one attached hydrogen (secondary N) is 1. The van der Waals surface area contributed by atoms with Crippen LogP contribution in [0.15, 0.2) is 23.2 Å². The maximum absolute atomic E-state index is 12.3. The molecule has 1 aliphatic rings. The largest absolute Gasteiger partial charge is 0.450 e. The standard InChI is InChI=1S/C13H12Cl2N2O3S/c1-2-20-13(19)17-12-16-10(6-21-12)11(18)7-3-4-8(14)9(15)5-7/h3-5,10H,2,6H2,1H3,(H,16,17,19). The number of carbonyl (C=O) groups excluding carboxylic acids is 2. The van der Waals surface area contributed by atoms with E-state index >= 15 is 0 Å². The zero-order chi connectivity index (χ0) is 15.4. The molecule has 1 aromatic carbocycles. The molecule has 0 fully saturated rings. The highest BCUT2D eigenvalue weighted by molar-refractivity contribution is 8.14. The Labute approximate surface area is 136 Å². The summed E-state index contributed by atoms with van der Waals surface area (Å²) < 4.78 is 4.75. The Morgan fingerprint density at radius 3 is 2.86 bits per heavy atom. The summed E-state index contributed by atoms with van der Waals surface area (Å²) in [6.45, 7) is 1.98. The number of thioether (sulfide) groups is 1. The molecule has 21 heavy (non-hydrogen) atoms. The number of aliphatic imine (C=N–C) groups is 1. The molecule has 0 aromatic heterocycles. The summed E-state index contributed by atoms with van der Waals surface area (Å²) in [5.74, 6) is 0.294. The van der Waals surface area contributed by atoms with Crippen LogP contribution in [0.5, 0.6) is 0 Å². The molecule has 8 heteroatoms. The molecule has 5 nitrogen and oxygen atoms in total. The lowest BCUT2D eigenvalue weighted by Crippen LogP contribution is -2.28. The van der Waals surface area contributed by atoms with Gasteiger partial charge in [0.25, 0.3) is 0 Å². The number of hydrogen-bond donors (Lipinski definition) is 1. The van der Waals surface area contributed by atoms with Crippen LogP contribution in [0.2, 0.25) is 10.0 Å². The monoisotopic (exact) mass is 346 g/mol. The first-order valence-electron chi connectivity index (χ1n) is 6.15. The van der Waals surface area contributed by atoms with Crippen molar-refractivity contribution in [3.05, 3.63) is 33.8 Å². The highest BCUT2D eigenvalue weighted by Gasteiger charge is 2.27. The molecule has 2 rings (SSSR count). The molecule has 1 unspecified atom stereocenters. The first-order chi connectivity index (χ1) is 10.0. The van der Waals surface area contributed by atoms with E-state index in [2.05, 4.69) is 10.3 Å². The lowest BCUT2D eigenvalue weighted by Gasteiger charge is -2.06. The summed E-state index contributed by atoms with van der Waals surface area (Å²) in [6, 6.07) is 4.14. The van der Waals surface area contributed by atoms with Crippen molar-refractivity contribution in [2.24, 2.45) is 4.99 Å². The lowest BCUT2D eigenvalue weighted by atomic mass is 10.1. The van der Waals surface area contributed by atoms with E-state index in [0.29, 0.717) is 26.5 Å². The minimum atomic E-state index is -0.577. The second kappa shape index (κ2) is 7.15. The molecule has 0 spiro atoms. The number of nitrogens with zero attached hydrogens (tertiary/aromatic N) is 1. The van der Waals surface area contributed by atoms with Gasteiger partial charge < -0.3 is 4.74 Å². The molecule has 1 aromatic rings. The van der Waals surface area contributed by atoms with Crippen molar-refractivity contribution in [3.8, 4) is 0 Å². The molecule has 1 heterocycles.